The van der Waals surface area contributed by atoms with E-state index in [0.717, 1.165) is 17.8 Å². The van der Waals surface area contributed by atoms with Crippen LogP contribution in [0.15, 0.2) is 4.34 Å². The maximum Gasteiger partial charge on any atom is 0.269 e. The van der Waals surface area contributed by atoms with Crippen LogP contribution in [0.25, 0.3) is 0 Å². The molecule has 1 aromatic rings. The van der Waals surface area contributed by atoms with Crippen LogP contribution in [0.4, 0.5) is 5.13 Å². The molecule has 0 aliphatic carbocycles. The standard InChI is InChI=1S/C10H19N5O3S2/c1-7(6-11)4-3-5-12-20(17,18)10-15-14-9(19-10)13-8(2)16/h7,12H,3-6,11H2,1-2H3,(H,13,14,16). The number of nitrogens with two attached hydrogens (primary N) is 1. The normalized spacial score (nSPS) is 13.2. The van der Waals surface area contributed by atoms with Crippen molar-refractivity contribution < 1.29 is 13.2 Å². The molecule has 1 heterocycles. The number of aromatic nitrogens is 2. The molecular formula is C10H19N5O3S2. The lowest BCUT2D eigenvalue weighted by atomic mass is 10.1. The summed E-state index contributed by atoms with van der Waals surface area (Å²) < 4.78 is 26.1. The zero-order valence-electron chi connectivity index (χ0n) is 11.4. The van der Waals surface area contributed by atoms with Crippen LogP contribution in [0.5, 0.6) is 0 Å². The number of nitrogens with one attached hydrogen (secondary N) is 2. The Morgan fingerprint density at radius 1 is 1.45 bits per heavy atom. The molecule has 0 aromatic carbocycles. The quantitative estimate of drug-likeness (QED) is 0.462. The van der Waals surface area contributed by atoms with Crippen LogP contribution >= 0.6 is 11.3 Å². The summed E-state index contributed by atoms with van der Waals surface area (Å²) in [7, 11) is -3.67. The number of carbonyl (C=O) groups is 1. The van der Waals surface area contributed by atoms with Crippen molar-refractivity contribution in [2.24, 2.45) is 11.7 Å². The Labute approximate surface area is 122 Å². The third-order valence-corrected chi connectivity index (χ3v) is 5.15. The molecule has 1 atom stereocenters. The van der Waals surface area contributed by atoms with E-state index in [1.165, 1.54) is 6.92 Å². The lowest BCUT2D eigenvalue weighted by molar-refractivity contribution is -0.114. The number of nitrogens with zero attached hydrogens (tertiary/aromatic N) is 2. The Morgan fingerprint density at radius 2 is 2.15 bits per heavy atom. The topological polar surface area (TPSA) is 127 Å². The summed E-state index contributed by atoms with van der Waals surface area (Å²) in [6.45, 7) is 4.23. The largest absolute Gasteiger partial charge is 0.330 e. The second-order valence-corrected chi connectivity index (χ2v) is 7.35. The second-order valence-electron chi connectivity index (χ2n) is 4.44. The van der Waals surface area contributed by atoms with Crippen LogP contribution in [0.3, 0.4) is 0 Å². The Kier molecular flexibility index (Phi) is 6.46. The zero-order chi connectivity index (χ0) is 15.2. The number of sulfonamides is 1. The van der Waals surface area contributed by atoms with Gasteiger partial charge >= 0.3 is 0 Å². The van der Waals surface area contributed by atoms with Crippen molar-refractivity contribution in [3.63, 3.8) is 0 Å². The SMILES string of the molecule is CC(=O)Nc1nnc(S(=O)(=O)NCCCC(C)CN)s1. The van der Waals surface area contributed by atoms with Crippen molar-refractivity contribution in [3.8, 4) is 0 Å². The summed E-state index contributed by atoms with van der Waals surface area (Å²) in [5.74, 6) is 0.0428. The van der Waals surface area contributed by atoms with E-state index in [1.54, 1.807) is 0 Å². The van der Waals surface area contributed by atoms with Gasteiger partial charge in [0.15, 0.2) is 0 Å². The van der Waals surface area contributed by atoms with Crippen molar-refractivity contribution in [1.82, 2.24) is 14.9 Å². The molecule has 0 bridgehead atoms. The smallest absolute Gasteiger partial charge is 0.269 e. The Hall–Kier alpha value is -1.10. The predicted octanol–water partition coefficient (Wildman–Crippen LogP) is 0.150. The van der Waals surface area contributed by atoms with E-state index in [1.807, 2.05) is 6.92 Å². The number of anilines is 1. The molecule has 0 saturated carbocycles. The fourth-order valence-electron chi connectivity index (χ4n) is 1.36. The highest BCUT2D eigenvalue weighted by Gasteiger charge is 2.19. The Morgan fingerprint density at radius 3 is 2.75 bits per heavy atom. The van der Waals surface area contributed by atoms with E-state index < -0.39 is 10.0 Å². The summed E-state index contributed by atoms with van der Waals surface area (Å²) in [6, 6.07) is 0. The Balaban J connectivity index is 2.52. The van der Waals surface area contributed by atoms with Crippen LogP contribution in [-0.4, -0.2) is 37.6 Å². The predicted molar refractivity (Wildman–Crippen MR) is 76.9 cm³/mol. The summed E-state index contributed by atoms with van der Waals surface area (Å²) in [5, 5.41) is 9.70. The van der Waals surface area contributed by atoms with Gasteiger partial charge in [-0.05, 0) is 25.3 Å². The van der Waals surface area contributed by atoms with Crippen LogP contribution in [0.1, 0.15) is 26.7 Å². The molecule has 1 aromatic heterocycles. The molecule has 0 aliphatic rings. The summed E-state index contributed by atoms with van der Waals surface area (Å²) >= 11 is 0.812. The molecule has 0 radical (unpaired) electrons. The molecule has 0 aliphatic heterocycles. The fourth-order valence-corrected chi connectivity index (χ4v) is 3.42. The van der Waals surface area contributed by atoms with Gasteiger partial charge in [-0.2, -0.15) is 0 Å². The van der Waals surface area contributed by atoms with Crippen LogP contribution in [0.2, 0.25) is 0 Å². The second kappa shape index (κ2) is 7.62. The highest BCUT2D eigenvalue weighted by molar-refractivity contribution is 7.91. The molecular weight excluding hydrogens is 302 g/mol. The first-order chi connectivity index (χ1) is 9.35. The average Bonchev–Trinajstić information content (AvgIpc) is 2.82. The third kappa shape index (κ3) is 5.49. The minimum Gasteiger partial charge on any atom is -0.330 e. The lowest BCUT2D eigenvalue weighted by Crippen LogP contribution is -2.25. The number of rotatable bonds is 8. The molecule has 0 spiro atoms. The van der Waals surface area contributed by atoms with Gasteiger partial charge in [0.1, 0.15) is 0 Å². The molecule has 0 fully saturated rings. The van der Waals surface area contributed by atoms with Crippen molar-refractivity contribution in [2.45, 2.75) is 31.0 Å². The molecule has 8 nitrogen and oxygen atoms in total. The number of hydrogen-bond acceptors (Lipinski definition) is 7. The Bertz CT molecular complexity index is 543. The van der Waals surface area contributed by atoms with E-state index in [-0.39, 0.29) is 15.4 Å². The summed E-state index contributed by atoms with van der Waals surface area (Å²) in [5.41, 5.74) is 5.48. The first-order valence-corrected chi connectivity index (χ1v) is 8.46. The van der Waals surface area contributed by atoms with Crippen molar-refractivity contribution in [1.29, 1.82) is 0 Å². The van der Waals surface area contributed by atoms with E-state index in [0.29, 0.717) is 25.4 Å². The summed E-state index contributed by atoms with van der Waals surface area (Å²) in [6.07, 6.45) is 1.56. The van der Waals surface area contributed by atoms with Crippen molar-refractivity contribution in [2.75, 3.05) is 18.4 Å². The first kappa shape index (κ1) is 17.0. The van der Waals surface area contributed by atoms with Gasteiger partial charge in [-0.3, -0.25) is 4.79 Å². The third-order valence-electron chi connectivity index (χ3n) is 2.49. The number of hydrogen-bond donors (Lipinski definition) is 3. The highest BCUT2D eigenvalue weighted by Crippen LogP contribution is 2.19. The van der Waals surface area contributed by atoms with Gasteiger partial charge in [0.05, 0.1) is 0 Å². The molecule has 1 amide bonds. The zero-order valence-corrected chi connectivity index (χ0v) is 13.1. The van der Waals surface area contributed by atoms with Gasteiger partial charge in [0.25, 0.3) is 10.0 Å². The van der Waals surface area contributed by atoms with E-state index in [2.05, 4.69) is 20.2 Å². The highest BCUT2D eigenvalue weighted by atomic mass is 32.2. The molecule has 10 heteroatoms. The number of carbonyl (C=O) groups excluding carboxylic acids is 1. The van der Waals surface area contributed by atoms with Crippen molar-refractivity contribution in [3.05, 3.63) is 0 Å². The van der Waals surface area contributed by atoms with Crippen LogP contribution < -0.4 is 15.8 Å². The molecule has 0 saturated heterocycles. The minimum atomic E-state index is -3.67. The van der Waals surface area contributed by atoms with Gasteiger partial charge < -0.3 is 11.1 Å². The van der Waals surface area contributed by atoms with Crippen LogP contribution in [-0.2, 0) is 14.8 Å². The van der Waals surface area contributed by atoms with Gasteiger partial charge in [-0.1, -0.05) is 18.3 Å². The molecule has 4 N–H and O–H groups in total. The molecule has 20 heavy (non-hydrogen) atoms. The lowest BCUT2D eigenvalue weighted by Gasteiger charge is -2.07. The van der Waals surface area contributed by atoms with Gasteiger partial charge in [-0.15, -0.1) is 10.2 Å². The van der Waals surface area contributed by atoms with E-state index >= 15 is 0 Å². The number of amides is 1. The molecule has 1 rings (SSSR count). The van der Waals surface area contributed by atoms with Crippen molar-refractivity contribution >= 4 is 32.4 Å². The maximum absolute atomic E-state index is 11.9. The maximum atomic E-state index is 11.9. The summed E-state index contributed by atoms with van der Waals surface area (Å²) in [4.78, 5) is 10.8. The van der Waals surface area contributed by atoms with Gasteiger partial charge in [0, 0.05) is 13.5 Å². The fraction of sp³-hybridized carbons (Fsp3) is 0.700. The minimum absolute atomic E-state index is 0.159. The average molecular weight is 321 g/mol. The van der Waals surface area contributed by atoms with Gasteiger partial charge in [0.2, 0.25) is 15.4 Å². The van der Waals surface area contributed by atoms with E-state index in [4.69, 9.17) is 5.73 Å². The first-order valence-electron chi connectivity index (χ1n) is 6.16. The monoisotopic (exact) mass is 321 g/mol. The van der Waals surface area contributed by atoms with Gasteiger partial charge in [-0.25, -0.2) is 13.1 Å². The van der Waals surface area contributed by atoms with E-state index in [9.17, 15) is 13.2 Å². The molecule has 114 valence electrons. The van der Waals surface area contributed by atoms with Crippen LogP contribution in [0, 0.1) is 5.92 Å². The molecule has 1 unspecified atom stereocenters.